The van der Waals surface area contributed by atoms with E-state index < -0.39 is 11.6 Å². The molecule has 4 N–H and O–H groups in total. The smallest absolute Gasteiger partial charge is 0.149 e. The highest BCUT2D eigenvalue weighted by atomic mass is 35.5. The van der Waals surface area contributed by atoms with Gasteiger partial charge in [0.15, 0.2) is 0 Å². The summed E-state index contributed by atoms with van der Waals surface area (Å²) in [6.45, 7) is 6.60. The van der Waals surface area contributed by atoms with Crippen molar-refractivity contribution in [3.63, 3.8) is 0 Å². The molecule has 0 fully saturated rings. The van der Waals surface area contributed by atoms with Crippen molar-refractivity contribution in [2.45, 2.75) is 25.7 Å². The Balaban J connectivity index is 1.90. The van der Waals surface area contributed by atoms with Crippen LogP contribution in [0.5, 0.6) is 0 Å². The van der Waals surface area contributed by atoms with E-state index in [2.05, 4.69) is 27.8 Å². The molecule has 0 aliphatic carbocycles. The second kappa shape index (κ2) is 10.0. The van der Waals surface area contributed by atoms with Crippen LogP contribution in [0.15, 0.2) is 54.9 Å². The van der Waals surface area contributed by atoms with E-state index in [4.69, 9.17) is 11.6 Å². The summed E-state index contributed by atoms with van der Waals surface area (Å²) in [6, 6.07) is 9.76. The zero-order valence-corrected chi connectivity index (χ0v) is 18.7. The molecular formula is C23H28ClF2N5. The number of benzene rings is 2. The van der Waals surface area contributed by atoms with Crippen molar-refractivity contribution in [2.75, 3.05) is 26.0 Å². The van der Waals surface area contributed by atoms with E-state index in [1.165, 1.54) is 6.07 Å². The van der Waals surface area contributed by atoms with Crippen LogP contribution >= 0.6 is 11.6 Å². The number of nitrogens with zero attached hydrogens (tertiary/aromatic N) is 1. The van der Waals surface area contributed by atoms with Crippen molar-refractivity contribution in [3.05, 3.63) is 82.7 Å². The molecule has 1 heterocycles. The number of nitrogens with one attached hydrogen (secondary N) is 4. The van der Waals surface area contributed by atoms with Crippen molar-refractivity contribution in [2.24, 2.45) is 0 Å². The Hall–Kier alpha value is -2.77. The third kappa shape index (κ3) is 5.11. The number of rotatable bonds is 8. The van der Waals surface area contributed by atoms with Gasteiger partial charge in [0.2, 0.25) is 0 Å². The van der Waals surface area contributed by atoms with Gasteiger partial charge in [-0.1, -0.05) is 43.3 Å². The van der Waals surface area contributed by atoms with Crippen LogP contribution in [0.1, 0.15) is 30.6 Å². The number of hydrogen-bond acceptors (Lipinski definition) is 5. The standard InChI is InChI=1S/C23H28ClF2N5/c1-5-10-28-22-17(11-15(25)12-19(22)26)14(2)29-21-13-20(27-3)30-23(31(21)4)16-8-6-7-9-18(16)24/h6-9,11-13,21,23,27-30H,2,5,10H2,1,3-4H3. The predicted octanol–water partition coefficient (Wildman–Crippen LogP) is 4.62. The second-order valence-corrected chi connectivity index (χ2v) is 7.78. The van der Waals surface area contributed by atoms with Gasteiger partial charge in [-0.3, -0.25) is 4.90 Å². The maximum absolute atomic E-state index is 14.5. The first-order valence-corrected chi connectivity index (χ1v) is 10.5. The zero-order chi connectivity index (χ0) is 22.5. The third-order valence-corrected chi connectivity index (χ3v) is 5.53. The lowest BCUT2D eigenvalue weighted by Crippen LogP contribution is -2.52. The van der Waals surface area contributed by atoms with Crippen LogP contribution in [0.25, 0.3) is 5.70 Å². The summed E-state index contributed by atoms with van der Waals surface area (Å²) >= 11 is 6.43. The summed E-state index contributed by atoms with van der Waals surface area (Å²) in [7, 11) is 3.74. The van der Waals surface area contributed by atoms with Crippen molar-refractivity contribution in [1.29, 1.82) is 0 Å². The maximum atomic E-state index is 14.5. The molecule has 2 aromatic rings. The molecular weight excluding hydrogens is 420 g/mol. The lowest BCUT2D eigenvalue weighted by atomic mass is 10.1. The number of halogens is 3. The van der Waals surface area contributed by atoms with E-state index in [-0.39, 0.29) is 18.0 Å². The first kappa shape index (κ1) is 22.9. The Morgan fingerprint density at radius 3 is 2.68 bits per heavy atom. The highest BCUT2D eigenvalue weighted by Crippen LogP contribution is 2.31. The average molecular weight is 448 g/mol. The fraction of sp³-hybridized carbons (Fsp3) is 0.304. The van der Waals surface area contributed by atoms with Gasteiger partial charge in [-0.2, -0.15) is 0 Å². The molecule has 1 aliphatic heterocycles. The van der Waals surface area contributed by atoms with E-state index in [0.717, 1.165) is 23.9 Å². The van der Waals surface area contributed by atoms with E-state index >= 15 is 0 Å². The maximum Gasteiger partial charge on any atom is 0.149 e. The normalized spacial score (nSPS) is 18.7. The first-order valence-electron chi connectivity index (χ1n) is 10.2. The van der Waals surface area contributed by atoms with Gasteiger partial charge in [0, 0.05) is 41.5 Å². The molecule has 0 saturated heterocycles. The predicted molar refractivity (Wildman–Crippen MR) is 123 cm³/mol. The Morgan fingerprint density at radius 1 is 1.26 bits per heavy atom. The van der Waals surface area contributed by atoms with Crippen molar-refractivity contribution in [1.82, 2.24) is 20.9 Å². The van der Waals surface area contributed by atoms with E-state index in [1.54, 1.807) is 0 Å². The Bertz CT molecular complexity index is 978. The lowest BCUT2D eigenvalue weighted by molar-refractivity contribution is 0.150. The highest BCUT2D eigenvalue weighted by molar-refractivity contribution is 6.31. The molecule has 0 bridgehead atoms. The van der Waals surface area contributed by atoms with Gasteiger partial charge in [0.25, 0.3) is 0 Å². The van der Waals surface area contributed by atoms with Gasteiger partial charge in [-0.15, -0.1) is 0 Å². The Morgan fingerprint density at radius 2 is 2.00 bits per heavy atom. The molecule has 166 valence electrons. The largest absolute Gasteiger partial charge is 0.382 e. The molecule has 5 nitrogen and oxygen atoms in total. The summed E-state index contributed by atoms with van der Waals surface area (Å²) in [6.07, 6.45) is 2.20. The molecule has 2 unspecified atom stereocenters. The van der Waals surface area contributed by atoms with Gasteiger partial charge in [-0.05, 0) is 31.7 Å². The van der Waals surface area contributed by atoms with Crippen LogP contribution in [0.3, 0.4) is 0 Å². The molecule has 31 heavy (non-hydrogen) atoms. The van der Waals surface area contributed by atoms with E-state index in [9.17, 15) is 8.78 Å². The van der Waals surface area contributed by atoms with Gasteiger partial charge < -0.3 is 21.3 Å². The average Bonchev–Trinajstić information content (AvgIpc) is 2.74. The first-order chi connectivity index (χ1) is 14.8. The SMILES string of the molecule is C=C(NC1C=C(NC)NC(c2ccccc2Cl)N1C)c1cc(F)cc(F)c1NCCC. The van der Waals surface area contributed by atoms with Crippen LogP contribution in [0, 0.1) is 11.6 Å². The molecule has 1 aliphatic rings. The minimum Gasteiger partial charge on any atom is -0.382 e. The van der Waals surface area contributed by atoms with Gasteiger partial charge >= 0.3 is 0 Å². The molecule has 0 aromatic heterocycles. The number of likely N-dealkylation sites (N-methyl/N-ethyl adjacent to an activating group) is 1. The summed E-state index contributed by atoms with van der Waals surface area (Å²) in [5.74, 6) is -0.509. The topological polar surface area (TPSA) is 51.4 Å². The third-order valence-electron chi connectivity index (χ3n) is 5.19. The van der Waals surface area contributed by atoms with Crippen LogP contribution in [-0.2, 0) is 0 Å². The molecule has 0 spiro atoms. The number of anilines is 1. The van der Waals surface area contributed by atoms with Gasteiger partial charge in [0.1, 0.15) is 24.0 Å². The second-order valence-electron chi connectivity index (χ2n) is 7.37. The van der Waals surface area contributed by atoms with Gasteiger partial charge in [-0.25, -0.2) is 8.78 Å². The van der Waals surface area contributed by atoms with Crippen molar-refractivity contribution < 1.29 is 8.78 Å². The summed E-state index contributed by atoms with van der Waals surface area (Å²) in [4.78, 5) is 2.03. The summed E-state index contributed by atoms with van der Waals surface area (Å²) in [5.41, 5.74) is 1.90. The van der Waals surface area contributed by atoms with Crippen molar-refractivity contribution in [3.8, 4) is 0 Å². The quantitative estimate of drug-likeness (QED) is 0.475. The summed E-state index contributed by atoms with van der Waals surface area (Å²) in [5, 5.41) is 13.5. The monoisotopic (exact) mass is 447 g/mol. The highest BCUT2D eigenvalue weighted by Gasteiger charge is 2.30. The molecule has 0 amide bonds. The number of hydrogen-bond donors (Lipinski definition) is 4. The van der Waals surface area contributed by atoms with Gasteiger partial charge in [0.05, 0.1) is 11.5 Å². The molecule has 2 atom stereocenters. The Kier molecular flexibility index (Phi) is 7.41. The van der Waals surface area contributed by atoms with Crippen LogP contribution in [-0.4, -0.2) is 31.7 Å². The fourth-order valence-electron chi connectivity index (χ4n) is 3.52. The molecule has 0 radical (unpaired) electrons. The molecule has 3 rings (SSSR count). The van der Waals surface area contributed by atoms with E-state index in [0.29, 0.717) is 22.8 Å². The fourth-order valence-corrected chi connectivity index (χ4v) is 3.76. The molecule has 8 heteroatoms. The van der Waals surface area contributed by atoms with Crippen LogP contribution in [0.2, 0.25) is 5.02 Å². The lowest BCUT2D eigenvalue weighted by Gasteiger charge is -2.41. The Labute approximate surface area is 187 Å². The van der Waals surface area contributed by atoms with Crippen LogP contribution < -0.4 is 21.3 Å². The molecule has 0 saturated carbocycles. The zero-order valence-electron chi connectivity index (χ0n) is 17.9. The van der Waals surface area contributed by atoms with E-state index in [1.807, 2.05) is 56.3 Å². The summed E-state index contributed by atoms with van der Waals surface area (Å²) < 4.78 is 28.5. The van der Waals surface area contributed by atoms with Crippen LogP contribution in [0.4, 0.5) is 14.5 Å². The van der Waals surface area contributed by atoms with Crippen molar-refractivity contribution >= 4 is 23.0 Å². The molecule has 2 aromatic carbocycles. The minimum absolute atomic E-state index is 0.228. The minimum atomic E-state index is -0.656.